The summed E-state index contributed by atoms with van der Waals surface area (Å²) in [4.78, 5) is 14.8. The van der Waals surface area contributed by atoms with Gasteiger partial charge in [0.05, 0.1) is 6.21 Å². The number of hydrogen-bond donors (Lipinski definition) is 2. The van der Waals surface area contributed by atoms with E-state index >= 15 is 0 Å². The number of H-pyrrole nitrogens is 1. The fraction of sp³-hybridized carbons (Fsp3) is 0.125. The van der Waals surface area contributed by atoms with Crippen LogP contribution in [0.1, 0.15) is 28.7 Å². The summed E-state index contributed by atoms with van der Waals surface area (Å²) in [6.45, 7) is 2.02. The molecule has 0 saturated heterocycles. The topological polar surface area (TPSA) is 70.4 Å². The van der Waals surface area contributed by atoms with E-state index in [2.05, 4.69) is 31.4 Å². The highest BCUT2D eigenvalue weighted by Gasteiger charge is 2.11. The first-order valence-corrected chi connectivity index (χ1v) is 7.66. The number of amides is 1. The number of carbonyl (C=O) groups is 1. The molecule has 0 aliphatic rings. The number of aromatic nitrogens is 1. The van der Waals surface area contributed by atoms with Crippen molar-refractivity contribution in [1.82, 2.24) is 10.4 Å². The molecular weight excluding hydrogens is 346 g/mol. The molecule has 0 aliphatic carbocycles. The first-order valence-electron chi connectivity index (χ1n) is 6.86. The maximum Gasteiger partial charge on any atom is 0.287 e. The highest BCUT2D eigenvalue weighted by Crippen LogP contribution is 2.24. The van der Waals surface area contributed by atoms with Gasteiger partial charge < -0.3 is 9.40 Å². The molecule has 2 aromatic heterocycles. The molecule has 0 radical (unpaired) electrons. The van der Waals surface area contributed by atoms with Gasteiger partial charge in [-0.25, -0.2) is 5.43 Å². The Hall–Kier alpha value is -2.34. The van der Waals surface area contributed by atoms with Crippen LogP contribution in [0.25, 0.3) is 11.0 Å². The number of hydrazone groups is 1. The Balaban J connectivity index is 1.82. The van der Waals surface area contributed by atoms with E-state index in [4.69, 9.17) is 4.42 Å². The van der Waals surface area contributed by atoms with Crippen LogP contribution in [0.4, 0.5) is 0 Å². The number of furan rings is 1. The van der Waals surface area contributed by atoms with Gasteiger partial charge in [-0.2, -0.15) is 5.10 Å². The number of benzene rings is 1. The van der Waals surface area contributed by atoms with Crippen molar-refractivity contribution < 1.29 is 9.21 Å². The quantitative estimate of drug-likeness (QED) is 0.548. The first-order chi connectivity index (χ1) is 10.7. The van der Waals surface area contributed by atoms with E-state index in [0.29, 0.717) is 5.69 Å². The van der Waals surface area contributed by atoms with Gasteiger partial charge in [-0.1, -0.05) is 25.1 Å². The lowest BCUT2D eigenvalue weighted by molar-refractivity contribution is 0.0951. The zero-order valence-electron chi connectivity index (χ0n) is 11.9. The maximum absolute atomic E-state index is 11.9. The number of nitrogens with zero attached hydrogens (tertiary/aromatic N) is 1. The Labute approximate surface area is 135 Å². The number of aryl methyl sites for hydroxylation is 1. The summed E-state index contributed by atoms with van der Waals surface area (Å²) in [7, 11) is 0. The molecule has 6 heteroatoms. The summed E-state index contributed by atoms with van der Waals surface area (Å²) >= 11 is 3.28. The largest absolute Gasteiger partial charge is 0.460 e. The van der Waals surface area contributed by atoms with Crippen molar-refractivity contribution in [3.8, 4) is 0 Å². The van der Waals surface area contributed by atoms with Gasteiger partial charge in [-0.05, 0) is 28.1 Å². The lowest BCUT2D eigenvalue weighted by Gasteiger charge is -1.97. The molecule has 0 unspecified atom stereocenters. The van der Waals surface area contributed by atoms with Gasteiger partial charge >= 0.3 is 0 Å². The van der Waals surface area contributed by atoms with Crippen LogP contribution in [-0.4, -0.2) is 17.1 Å². The minimum Gasteiger partial charge on any atom is -0.460 e. The van der Waals surface area contributed by atoms with Gasteiger partial charge in [0, 0.05) is 28.0 Å². The van der Waals surface area contributed by atoms with Gasteiger partial charge in [-0.3, -0.25) is 4.79 Å². The number of carbonyl (C=O) groups excluding carboxylic acids is 1. The number of aromatic amines is 1. The average Bonchev–Trinajstić information content (AvgIpc) is 3.11. The number of para-hydroxylation sites is 1. The molecule has 5 nitrogen and oxygen atoms in total. The molecular formula is C16H14BrN3O2. The van der Waals surface area contributed by atoms with Crippen molar-refractivity contribution in [2.24, 2.45) is 5.10 Å². The van der Waals surface area contributed by atoms with E-state index in [1.165, 1.54) is 0 Å². The zero-order valence-corrected chi connectivity index (χ0v) is 13.5. The van der Waals surface area contributed by atoms with Gasteiger partial charge in [0.1, 0.15) is 17.0 Å². The van der Waals surface area contributed by atoms with Crippen LogP contribution in [0.15, 0.2) is 50.5 Å². The third-order valence-corrected chi connectivity index (χ3v) is 3.74. The standard InChI is InChI=1S/C16H14BrN3O2/c1-2-14-12(11-5-3-4-6-15(11)22-14)9-19-20-16(21)13-7-10(17)8-18-13/h3-9,18H,2H2,1H3,(H,20,21)/b19-9-. The van der Waals surface area contributed by atoms with Gasteiger partial charge in [0.2, 0.25) is 0 Å². The van der Waals surface area contributed by atoms with Crippen molar-refractivity contribution in [2.75, 3.05) is 0 Å². The summed E-state index contributed by atoms with van der Waals surface area (Å²) in [6, 6.07) is 9.46. The van der Waals surface area contributed by atoms with Gasteiger partial charge in [0.15, 0.2) is 0 Å². The molecule has 0 fully saturated rings. The lowest BCUT2D eigenvalue weighted by Crippen LogP contribution is -2.17. The molecule has 2 N–H and O–H groups in total. The summed E-state index contributed by atoms with van der Waals surface area (Å²) in [5.41, 5.74) is 4.66. The highest BCUT2D eigenvalue weighted by molar-refractivity contribution is 9.10. The minimum atomic E-state index is -0.298. The smallest absolute Gasteiger partial charge is 0.287 e. The second-order valence-corrected chi connectivity index (χ2v) is 5.64. The molecule has 0 bridgehead atoms. The number of nitrogens with one attached hydrogen (secondary N) is 2. The second-order valence-electron chi connectivity index (χ2n) is 4.72. The number of rotatable bonds is 4. The van der Waals surface area contributed by atoms with Gasteiger partial charge in [-0.15, -0.1) is 0 Å². The van der Waals surface area contributed by atoms with Crippen LogP contribution < -0.4 is 5.43 Å². The van der Waals surface area contributed by atoms with Crippen LogP contribution in [0, 0.1) is 0 Å². The molecule has 0 atom stereocenters. The first kappa shape index (κ1) is 14.6. The number of fused-ring (bicyclic) bond motifs is 1. The van der Waals surface area contributed by atoms with Crippen molar-refractivity contribution in [1.29, 1.82) is 0 Å². The molecule has 22 heavy (non-hydrogen) atoms. The van der Waals surface area contributed by atoms with Crippen molar-refractivity contribution in [3.05, 3.63) is 58.0 Å². The Kier molecular flexibility index (Phi) is 4.11. The molecule has 0 aliphatic heterocycles. The molecule has 0 saturated carbocycles. The molecule has 112 valence electrons. The Morgan fingerprint density at radius 1 is 1.45 bits per heavy atom. The Morgan fingerprint density at radius 3 is 3.00 bits per heavy atom. The summed E-state index contributed by atoms with van der Waals surface area (Å²) in [6.07, 6.45) is 4.07. The fourth-order valence-electron chi connectivity index (χ4n) is 2.23. The third-order valence-electron chi connectivity index (χ3n) is 3.28. The van der Waals surface area contributed by atoms with Crippen LogP contribution in [-0.2, 0) is 6.42 Å². The van der Waals surface area contributed by atoms with Crippen LogP contribution in [0.3, 0.4) is 0 Å². The van der Waals surface area contributed by atoms with E-state index in [9.17, 15) is 4.79 Å². The SMILES string of the molecule is CCc1oc2ccccc2c1/C=N\NC(=O)c1cc(Br)c[nH]1. The molecule has 3 rings (SSSR count). The molecule has 3 aromatic rings. The van der Waals surface area contributed by atoms with Gasteiger partial charge in [0.25, 0.3) is 5.91 Å². The van der Waals surface area contributed by atoms with E-state index in [-0.39, 0.29) is 5.91 Å². The van der Waals surface area contributed by atoms with Crippen molar-refractivity contribution >= 4 is 39.0 Å². The maximum atomic E-state index is 11.9. The summed E-state index contributed by atoms with van der Waals surface area (Å²) < 4.78 is 6.59. The highest BCUT2D eigenvalue weighted by atomic mass is 79.9. The monoisotopic (exact) mass is 359 g/mol. The average molecular weight is 360 g/mol. The van der Waals surface area contributed by atoms with Crippen LogP contribution in [0.5, 0.6) is 0 Å². The van der Waals surface area contributed by atoms with Crippen molar-refractivity contribution in [3.63, 3.8) is 0 Å². The van der Waals surface area contributed by atoms with E-state index < -0.39 is 0 Å². The predicted molar refractivity (Wildman–Crippen MR) is 89.1 cm³/mol. The lowest BCUT2D eigenvalue weighted by atomic mass is 10.1. The molecule has 0 spiro atoms. The van der Waals surface area contributed by atoms with Crippen molar-refractivity contribution in [2.45, 2.75) is 13.3 Å². The molecule has 2 heterocycles. The second kappa shape index (κ2) is 6.19. The zero-order chi connectivity index (χ0) is 15.5. The van der Waals surface area contributed by atoms with E-state index in [0.717, 1.165) is 33.2 Å². The number of hydrogen-bond acceptors (Lipinski definition) is 3. The predicted octanol–water partition coefficient (Wildman–Crippen LogP) is 3.85. The summed E-state index contributed by atoms with van der Waals surface area (Å²) in [5, 5.41) is 5.02. The third kappa shape index (κ3) is 2.82. The normalized spacial score (nSPS) is 11.4. The Morgan fingerprint density at radius 2 is 2.27 bits per heavy atom. The van der Waals surface area contributed by atoms with Crippen LogP contribution >= 0.6 is 15.9 Å². The number of halogens is 1. The molecule has 1 amide bonds. The minimum absolute atomic E-state index is 0.298. The van der Waals surface area contributed by atoms with Crippen LogP contribution in [0.2, 0.25) is 0 Å². The van der Waals surface area contributed by atoms with E-state index in [1.54, 1.807) is 18.5 Å². The molecule has 1 aromatic carbocycles. The Bertz CT molecular complexity index is 848. The van der Waals surface area contributed by atoms with E-state index in [1.807, 2.05) is 31.2 Å². The summed E-state index contributed by atoms with van der Waals surface area (Å²) in [5.74, 6) is 0.551. The fourth-order valence-corrected chi connectivity index (χ4v) is 2.58.